The second-order valence-electron chi connectivity index (χ2n) is 3.10. The molecule has 1 amide bonds. The number of rotatable bonds is 5. The molecule has 1 aromatic heterocycles. The Hall–Kier alpha value is -0.670. The minimum Gasteiger partial charge on any atom is -0.459 e. The van der Waals surface area contributed by atoms with E-state index < -0.39 is 0 Å². The maximum absolute atomic E-state index is 11.9. The molecule has 0 saturated carbocycles. The van der Waals surface area contributed by atoms with Crippen LogP contribution in [0.4, 0.5) is 0 Å². The van der Waals surface area contributed by atoms with Crippen LogP contribution in [0.15, 0.2) is 16.7 Å². The molecule has 0 aliphatic heterocycles. The SMILES string of the molecule is Cc1ccoc1C(=O)N(CCCl)CCCl. The summed E-state index contributed by atoms with van der Waals surface area (Å²) in [6.07, 6.45) is 1.50. The van der Waals surface area contributed by atoms with Crippen molar-refractivity contribution in [1.29, 1.82) is 0 Å². The average molecular weight is 250 g/mol. The van der Waals surface area contributed by atoms with Crippen molar-refractivity contribution in [2.75, 3.05) is 24.8 Å². The zero-order valence-electron chi connectivity index (χ0n) is 8.50. The number of hydrogen-bond acceptors (Lipinski definition) is 2. The second-order valence-corrected chi connectivity index (χ2v) is 3.86. The predicted molar refractivity (Wildman–Crippen MR) is 60.8 cm³/mol. The number of carbonyl (C=O) groups is 1. The van der Waals surface area contributed by atoms with Crippen LogP contribution in [-0.4, -0.2) is 35.7 Å². The molecule has 0 radical (unpaired) electrons. The van der Waals surface area contributed by atoms with Gasteiger partial charge < -0.3 is 9.32 Å². The third kappa shape index (κ3) is 3.14. The van der Waals surface area contributed by atoms with Crippen molar-refractivity contribution >= 4 is 29.1 Å². The highest BCUT2D eigenvalue weighted by atomic mass is 35.5. The van der Waals surface area contributed by atoms with Crippen molar-refractivity contribution in [3.63, 3.8) is 0 Å². The van der Waals surface area contributed by atoms with Crippen molar-refractivity contribution < 1.29 is 9.21 Å². The van der Waals surface area contributed by atoms with Crippen molar-refractivity contribution in [2.24, 2.45) is 0 Å². The molecule has 0 atom stereocenters. The summed E-state index contributed by atoms with van der Waals surface area (Å²) in [5.74, 6) is 0.995. The zero-order valence-corrected chi connectivity index (χ0v) is 10.0. The molecule has 1 heterocycles. The van der Waals surface area contributed by atoms with Crippen molar-refractivity contribution in [3.05, 3.63) is 23.7 Å². The molecular formula is C10H13Cl2NO2. The minimum absolute atomic E-state index is 0.154. The van der Waals surface area contributed by atoms with Crippen molar-refractivity contribution in [1.82, 2.24) is 4.90 Å². The Kier molecular flexibility index (Phi) is 4.99. The van der Waals surface area contributed by atoms with E-state index in [0.29, 0.717) is 30.6 Å². The monoisotopic (exact) mass is 249 g/mol. The molecule has 0 spiro atoms. The lowest BCUT2D eigenvalue weighted by atomic mass is 10.2. The van der Waals surface area contributed by atoms with Crippen LogP contribution in [0.3, 0.4) is 0 Å². The summed E-state index contributed by atoms with van der Waals surface area (Å²) in [5.41, 5.74) is 0.828. The van der Waals surface area contributed by atoms with Crippen LogP contribution in [0.5, 0.6) is 0 Å². The van der Waals surface area contributed by atoms with Crippen molar-refractivity contribution in [3.8, 4) is 0 Å². The van der Waals surface area contributed by atoms with Gasteiger partial charge in [-0.1, -0.05) is 0 Å². The fraction of sp³-hybridized carbons (Fsp3) is 0.500. The normalized spacial score (nSPS) is 10.3. The molecule has 0 aliphatic rings. The highest BCUT2D eigenvalue weighted by molar-refractivity contribution is 6.18. The van der Waals surface area contributed by atoms with Crippen LogP contribution < -0.4 is 0 Å². The summed E-state index contributed by atoms with van der Waals surface area (Å²) < 4.78 is 5.12. The Balaban J connectivity index is 2.76. The number of amides is 1. The van der Waals surface area contributed by atoms with Gasteiger partial charge in [-0.05, 0) is 13.0 Å². The molecule has 0 fully saturated rings. The highest BCUT2D eigenvalue weighted by Crippen LogP contribution is 2.12. The molecule has 0 unspecified atom stereocenters. The molecular weight excluding hydrogens is 237 g/mol. The van der Waals surface area contributed by atoms with Gasteiger partial charge in [-0.3, -0.25) is 4.79 Å². The standard InChI is InChI=1S/C10H13Cl2NO2/c1-8-2-7-15-9(8)10(14)13(5-3-11)6-4-12/h2,7H,3-6H2,1H3. The van der Waals surface area contributed by atoms with E-state index in [9.17, 15) is 4.79 Å². The van der Waals surface area contributed by atoms with Crippen LogP contribution in [-0.2, 0) is 0 Å². The van der Waals surface area contributed by atoms with E-state index in [0.717, 1.165) is 5.56 Å². The van der Waals surface area contributed by atoms with Gasteiger partial charge in [0.25, 0.3) is 5.91 Å². The summed E-state index contributed by atoms with van der Waals surface area (Å²) in [4.78, 5) is 13.5. The Morgan fingerprint density at radius 3 is 2.40 bits per heavy atom. The fourth-order valence-electron chi connectivity index (χ4n) is 1.25. The minimum atomic E-state index is -0.154. The Bertz CT molecular complexity index is 319. The first-order valence-corrected chi connectivity index (χ1v) is 5.73. The number of nitrogens with zero attached hydrogens (tertiary/aromatic N) is 1. The predicted octanol–water partition coefficient (Wildman–Crippen LogP) is 2.51. The Morgan fingerprint density at radius 2 is 2.00 bits per heavy atom. The van der Waals surface area contributed by atoms with Gasteiger partial charge in [-0.15, -0.1) is 23.2 Å². The molecule has 0 bridgehead atoms. The van der Waals surface area contributed by atoms with E-state index in [4.69, 9.17) is 27.6 Å². The number of halogens is 2. The quantitative estimate of drug-likeness (QED) is 0.752. The van der Waals surface area contributed by atoms with Gasteiger partial charge in [-0.25, -0.2) is 0 Å². The molecule has 0 N–H and O–H groups in total. The third-order valence-electron chi connectivity index (χ3n) is 2.05. The molecule has 1 aromatic rings. The van der Waals surface area contributed by atoms with Gasteiger partial charge in [0.05, 0.1) is 6.26 Å². The first kappa shape index (κ1) is 12.4. The number of alkyl halides is 2. The van der Waals surface area contributed by atoms with E-state index in [1.165, 1.54) is 6.26 Å². The Labute approximate surface area is 98.9 Å². The highest BCUT2D eigenvalue weighted by Gasteiger charge is 2.19. The fourth-order valence-corrected chi connectivity index (χ4v) is 1.66. The topological polar surface area (TPSA) is 33.5 Å². The molecule has 15 heavy (non-hydrogen) atoms. The second kappa shape index (κ2) is 6.03. The van der Waals surface area contributed by atoms with Crippen LogP contribution in [0, 0.1) is 6.92 Å². The Morgan fingerprint density at radius 1 is 1.40 bits per heavy atom. The summed E-state index contributed by atoms with van der Waals surface area (Å²) in [7, 11) is 0. The maximum Gasteiger partial charge on any atom is 0.289 e. The van der Waals surface area contributed by atoms with Crippen LogP contribution in [0.25, 0.3) is 0 Å². The van der Waals surface area contributed by atoms with E-state index in [1.54, 1.807) is 11.0 Å². The molecule has 0 saturated heterocycles. The van der Waals surface area contributed by atoms with E-state index in [2.05, 4.69) is 0 Å². The van der Waals surface area contributed by atoms with E-state index >= 15 is 0 Å². The third-order valence-corrected chi connectivity index (χ3v) is 2.39. The molecule has 84 valence electrons. The maximum atomic E-state index is 11.9. The summed E-state index contributed by atoms with van der Waals surface area (Å²) in [6.45, 7) is 2.79. The van der Waals surface area contributed by atoms with Gasteiger partial charge in [0, 0.05) is 30.4 Å². The molecule has 0 aromatic carbocycles. The first-order valence-electron chi connectivity index (χ1n) is 4.66. The van der Waals surface area contributed by atoms with E-state index in [1.807, 2.05) is 6.92 Å². The van der Waals surface area contributed by atoms with Gasteiger partial charge in [0.1, 0.15) is 0 Å². The van der Waals surface area contributed by atoms with Crippen LogP contribution in [0.2, 0.25) is 0 Å². The number of aryl methyl sites for hydroxylation is 1. The molecule has 1 rings (SSSR count). The summed E-state index contributed by atoms with van der Waals surface area (Å²) in [6, 6.07) is 1.76. The van der Waals surface area contributed by atoms with Gasteiger partial charge in [-0.2, -0.15) is 0 Å². The number of furan rings is 1. The van der Waals surface area contributed by atoms with Crippen molar-refractivity contribution in [2.45, 2.75) is 6.92 Å². The zero-order chi connectivity index (χ0) is 11.3. The summed E-state index contributed by atoms with van der Waals surface area (Å²) >= 11 is 11.2. The van der Waals surface area contributed by atoms with Gasteiger partial charge >= 0.3 is 0 Å². The average Bonchev–Trinajstić information content (AvgIpc) is 2.63. The molecule has 5 heteroatoms. The number of hydrogen-bond donors (Lipinski definition) is 0. The molecule has 3 nitrogen and oxygen atoms in total. The lowest BCUT2D eigenvalue weighted by molar-refractivity contribution is 0.0742. The lowest BCUT2D eigenvalue weighted by Crippen LogP contribution is -2.34. The van der Waals surface area contributed by atoms with Crippen LogP contribution >= 0.6 is 23.2 Å². The van der Waals surface area contributed by atoms with Gasteiger partial charge in [0.15, 0.2) is 5.76 Å². The van der Waals surface area contributed by atoms with Gasteiger partial charge in [0.2, 0.25) is 0 Å². The van der Waals surface area contributed by atoms with Crippen LogP contribution in [0.1, 0.15) is 16.1 Å². The largest absolute Gasteiger partial charge is 0.459 e. The lowest BCUT2D eigenvalue weighted by Gasteiger charge is -2.19. The first-order chi connectivity index (χ1) is 7.20. The molecule has 0 aliphatic carbocycles. The summed E-state index contributed by atoms with van der Waals surface area (Å²) in [5, 5.41) is 0. The smallest absolute Gasteiger partial charge is 0.289 e. The van der Waals surface area contributed by atoms with E-state index in [-0.39, 0.29) is 5.91 Å². The number of carbonyl (C=O) groups excluding carboxylic acids is 1.